The molecular weight excluding hydrogens is 459 g/mol. The number of carbonyl (C=O) groups is 2. The zero-order valence-corrected chi connectivity index (χ0v) is 19.1. The summed E-state index contributed by atoms with van der Waals surface area (Å²) in [6.07, 6.45) is -3.55. The number of rotatable bonds is 6. The number of nitrogens with zero attached hydrogens (tertiary/aromatic N) is 1. The predicted octanol–water partition coefficient (Wildman–Crippen LogP) is 6.02. The summed E-state index contributed by atoms with van der Waals surface area (Å²) in [5.41, 5.74) is 2.92. The lowest BCUT2D eigenvalue weighted by molar-refractivity contribution is -0.138. The molecule has 182 valence electrons. The van der Waals surface area contributed by atoms with Crippen molar-refractivity contribution in [2.45, 2.75) is 38.9 Å². The Hall–Kier alpha value is -3.81. The Morgan fingerprint density at radius 3 is 2.49 bits per heavy atom. The van der Waals surface area contributed by atoms with Gasteiger partial charge in [0.2, 0.25) is 0 Å². The van der Waals surface area contributed by atoms with Crippen molar-refractivity contribution in [2.24, 2.45) is 0 Å². The van der Waals surface area contributed by atoms with Crippen LogP contribution in [0.3, 0.4) is 0 Å². The van der Waals surface area contributed by atoms with E-state index in [1.165, 1.54) is 12.1 Å². The van der Waals surface area contributed by atoms with E-state index in [4.69, 9.17) is 9.84 Å². The lowest BCUT2D eigenvalue weighted by Crippen LogP contribution is -2.36. The number of carboxylic acids is 1. The van der Waals surface area contributed by atoms with Gasteiger partial charge in [-0.1, -0.05) is 18.2 Å². The van der Waals surface area contributed by atoms with Gasteiger partial charge in [-0.15, -0.1) is 0 Å². The molecule has 0 atom stereocenters. The molecule has 1 amide bonds. The van der Waals surface area contributed by atoms with Crippen LogP contribution >= 0.6 is 0 Å². The van der Waals surface area contributed by atoms with Gasteiger partial charge >= 0.3 is 12.1 Å². The summed E-state index contributed by atoms with van der Waals surface area (Å²) in [6, 6.07) is 15.8. The Bertz CT molecular complexity index is 1270. The van der Waals surface area contributed by atoms with Crippen LogP contribution in [0.25, 0.3) is 0 Å². The minimum atomic E-state index is -4.39. The van der Waals surface area contributed by atoms with E-state index in [-0.39, 0.29) is 18.9 Å². The van der Waals surface area contributed by atoms with E-state index in [1.54, 1.807) is 35.2 Å². The summed E-state index contributed by atoms with van der Waals surface area (Å²) in [5, 5.41) is 8.87. The van der Waals surface area contributed by atoms with E-state index >= 15 is 0 Å². The number of aliphatic carboxylic acids is 1. The number of alkyl halides is 3. The van der Waals surface area contributed by atoms with E-state index in [1.807, 2.05) is 19.1 Å². The van der Waals surface area contributed by atoms with Gasteiger partial charge in [0.05, 0.1) is 5.56 Å². The van der Waals surface area contributed by atoms with Crippen LogP contribution in [0.1, 0.15) is 44.6 Å². The SMILES string of the molecule is Cc1cc(Oc2cccc(C(=O)N3CCc4cc(C(F)(F)F)ccc4C3)c2)ccc1CCC(=O)O. The van der Waals surface area contributed by atoms with Gasteiger partial charge in [-0.2, -0.15) is 13.2 Å². The Morgan fingerprint density at radius 1 is 1.00 bits per heavy atom. The van der Waals surface area contributed by atoms with E-state index in [9.17, 15) is 22.8 Å². The Kier molecular flexibility index (Phi) is 6.82. The van der Waals surface area contributed by atoms with Crippen molar-refractivity contribution >= 4 is 11.9 Å². The molecule has 4 rings (SSSR count). The first-order valence-corrected chi connectivity index (χ1v) is 11.2. The second-order valence-electron chi connectivity index (χ2n) is 8.57. The van der Waals surface area contributed by atoms with Gasteiger partial charge in [-0.25, -0.2) is 0 Å². The quantitative estimate of drug-likeness (QED) is 0.466. The highest BCUT2D eigenvalue weighted by Crippen LogP contribution is 2.32. The monoisotopic (exact) mass is 483 g/mol. The molecule has 8 heteroatoms. The second kappa shape index (κ2) is 9.82. The Labute approximate surface area is 200 Å². The summed E-state index contributed by atoms with van der Waals surface area (Å²) in [5.74, 6) is -0.0324. The summed E-state index contributed by atoms with van der Waals surface area (Å²) in [6.45, 7) is 2.46. The predicted molar refractivity (Wildman–Crippen MR) is 124 cm³/mol. The van der Waals surface area contributed by atoms with Crippen molar-refractivity contribution in [1.82, 2.24) is 4.90 Å². The molecule has 0 bridgehead atoms. The Morgan fingerprint density at radius 2 is 1.77 bits per heavy atom. The zero-order chi connectivity index (χ0) is 25.2. The standard InChI is InChI=1S/C27H24F3NO4/c1-17-13-24(9-6-18(17)7-10-25(32)33)35-23-4-2-3-20(15-23)26(34)31-12-11-19-14-22(27(28,29)30)8-5-21(19)16-31/h2-6,8-9,13-15H,7,10-12,16H2,1H3,(H,32,33). The molecule has 1 heterocycles. The third-order valence-electron chi connectivity index (χ3n) is 6.07. The average molecular weight is 483 g/mol. The minimum absolute atomic E-state index is 0.0513. The molecule has 0 aromatic heterocycles. The smallest absolute Gasteiger partial charge is 0.416 e. The maximum atomic E-state index is 13.1. The van der Waals surface area contributed by atoms with E-state index in [2.05, 4.69) is 0 Å². The van der Waals surface area contributed by atoms with Crippen molar-refractivity contribution in [3.8, 4) is 11.5 Å². The number of amides is 1. The van der Waals surface area contributed by atoms with Gasteiger partial charge in [0, 0.05) is 25.1 Å². The number of benzene rings is 3. The van der Waals surface area contributed by atoms with Crippen molar-refractivity contribution in [3.63, 3.8) is 0 Å². The number of ether oxygens (including phenoxy) is 1. The molecule has 0 saturated carbocycles. The third-order valence-corrected chi connectivity index (χ3v) is 6.07. The minimum Gasteiger partial charge on any atom is -0.481 e. The first kappa shape index (κ1) is 24.3. The van der Waals surface area contributed by atoms with Crippen LogP contribution in [-0.2, 0) is 30.4 Å². The number of hydrogen-bond acceptors (Lipinski definition) is 3. The molecule has 0 unspecified atom stereocenters. The highest BCUT2D eigenvalue weighted by molar-refractivity contribution is 5.94. The van der Waals surface area contributed by atoms with Crippen LogP contribution in [0.4, 0.5) is 13.2 Å². The first-order chi connectivity index (χ1) is 16.6. The van der Waals surface area contributed by atoms with E-state index < -0.39 is 17.7 Å². The van der Waals surface area contributed by atoms with Crippen LogP contribution in [0, 0.1) is 6.92 Å². The largest absolute Gasteiger partial charge is 0.481 e. The molecule has 3 aromatic carbocycles. The molecule has 1 N–H and O–H groups in total. The van der Waals surface area contributed by atoms with Gasteiger partial charge in [-0.3, -0.25) is 9.59 Å². The fourth-order valence-electron chi connectivity index (χ4n) is 4.17. The molecule has 0 fully saturated rings. The molecular formula is C27H24F3NO4. The van der Waals surface area contributed by atoms with Gasteiger partial charge < -0.3 is 14.7 Å². The van der Waals surface area contributed by atoms with Crippen LogP contribution in [0.5, 0.6) is 11.5 Å². The van der Waals surface area contributed by atoms with E-state index in [0.29, 0.717) is 47.6 Å². The summed E-state index contributed by atoms with van der Waals surface area (Å²) in [4.78, 5) is 25.5. The highest BCUT2D eigenvalue weighted by Gasteiger charge is 2.32. The molecule has 3 aromatic rings. The van der Waals surface area contributed by atoms with Crippen LogP contribution < -0.4 is 4.74 Å². The molecule has 0 radical (unpaired) electrons. The average Bonchev–Trinajstić information content (AvgIpc) is 2.82. The van der Waals surface area contributed by atoms with Gasteiger partial charge in [0.25, 0.3) is 5.91 Å². The lowest BCUT2D eigenvalue weighted by Gasteiger charge is -2.29. The van der Waals surface area contributed by atoms with Crippen LogP contribution in [0.2, 0.25) is 0 Å². The first-order valence-electron chi connectivity index (χ1n) is 11.2. The van der Waals surface area contributed by atoms with Gasteiger partial charge in [-0.05, 0) is 84.5 Å². The fraction of sp³-hybridized carbons (Fsp3) is 0.259. The number of carboxylic acid groups (broad SMARTS) is 1. The van der Waals surface area contributed by atoms with Gasteiger partial charge in [0.15, 0.2) is 0 Å². The molecule has 0 aliphatic carbocycles. The van der Waals surface area contributed by atoms with Crippen LogP contribution in [-0.4, -0.2) is 28.4 Å². The summed E-state index contributed by atoms with van der Waals surface area (Å²) >= 11 is 0. The highest BCUT2D eigenvalue weighted by atomic mass is 19.4. The second-order valence-corrected chi connectivity index (χ2v) is 8.57. The molecule has 1 aliphatic heterocycles. The number of aryl methyl sites for hydroxylation is 2. The van der Waals surface area contributed by atoms with Crippen LogP contribution in [0.15, 0.2) is 60.7 Å². The maximum Gasteiger partial charge on any atom is 0.416 e. The molecule has 0 saturated heterocycles. The number of hydrogen-bond donors (Lipinski definition) is 1. The van der Waals surface area contributed by atoms with E-state index in [0.717, 1.165) is 17.2 Å². The number of halogens is 3. The maximum absolute atomic E-state index is 13.1. The van der Waals surface area contributed by atoms with Crippen molar-refractivity contribution in [1.29, 1.82) is 0 Å². The summed E-state index contributed by atoms with van der Waals surface area (Å²) < 4.78 is 44.9. The molecule has 35 heavy (non-hydrogen) atoms. The number of fused-ring (bicyclic) bond motifs is 1. The Balaban J connectivity index is 1.45. The zero-order valence-electron chi connectivity index (χ0n) is 19.1. The fourth-order valence-corrected chi connectivity index (χ4v) is 4.17. The normalized spacial score (nSPS) is 13.3. The molecule has 0 spiro atoms. The summed E-state index contributed by atoms with van der Waals surface area (Å²) in [7, 11) is 0. The number of carbonyl (C=O) groups excluding carboxylic acids is 1. The van der Waals surface area contributed by atoms with Crippen molar-refractivity contribution < 1.29 is 32.6 Å². The molecule has 1 aliphatic rings. The van der Waals surface area contributed by atoms with Crippen molar-refractivity contribution in [2.75, 3.05) is 6.54 Å². The third kappa shape index (κ3) is 5.82. The topological polar surface area (TPSA) is 66.8 Å². The molecule has 5 nitrogen and oxygen atoms in total. The lowest BCUT2D eigenvalue weighted by atomic mass is 9.96. The van der Waals surface area contributed by atoms with Gasteiger partial charge in [0.1, 0.15) is 11.5 Å². The van der Waals surface area contributed by atoms with Crippen molar-refractivity contribution in [3.05, 3.63) is 94.0 Å².